The number of hydrogen-bond acceptors (Lipinski definition) is 5. The second kappa shape index (κ2) is 8.65. The highest BCUT2D eigenvalue weighted by molar-refractivity contribution is 6.29. The van der Waals surface area contributed by atoms with Crippen molar-refractivity contribution in [1.82, 2.24) is 9.88 Å². The molecule has 0 bridgehead atoms. The molecule has 2 rings (SSSR count). The molecule has 0 unspecified atom stereocenters. The van der Waals surface area contributed by atoms with Crippen LogP contribution in [0.25, 0.3) is 5.57 Å². The average Bonchev–Trinajstić information content (AvgIpc) is 2.58. The normalized spacial score (nSPS) is 11.7. The van der Waals surface area contributed by atoms with Crippen molar-refractivity contribution in [2.45, 2.75) is 26.4 Å². The van der Waals surface area contributed by atoms with Crippen LogP contribution in [0.5, 0.6) is 0 Å². The number of benzene rings is 1. The fourth-order valence-electron chi connectivity index (χ4n) is 2.39. The average molecular weight is 385 g/mol. The van der Waals surface area contributed by atoms with E-state index in [1.54, 1.807) is 58.1 Å². The van der Waals surface area contributed by atoms with Crippen molar-refractivity contribution >= 4 is 23.3 Å². The Bertz CT molecular complexity index is 902. The summed E-state index contributed by atoms with van der Waals surface area (Å²) >= 11 is 0. The van der Waals surface area contributed by atoms with Gasteiger partial charge in [-0.15, -0.1) is 0 Å². The SMILES string of the molecule is CN(C)/C=C(\C(=O)c1ccccc1F)c1ccnc(NC(=O)OC(C)(C)C)c1. The molecule has 1 amide bonds. The number of aromatic nitrogens is 1. The largest absolute Gasteiger partial charge is 0.444 e. The lowest BCUT2D eigenvalue weighted by molar-refractivity contribution is 0.0635. The first-order valence-electron chi connectivity index (χ1n) is 8.71. The van der Waals surface area contributed by atoms with Gasteiger partial charge in [0, 0.05) is 32.1 Å². The zero-order chi connectivity index (χ0) is 20.9. The Morgan fingerprint density at radius 2 is 1.86 bits per heavy atom. The minimum absolute atomic E-state index is 0.0333. The summed E-state index contributed by atoms with van der Waals surface area (Å²) in [4.78, 5) is 30.7. The van der Waals surface area contributed by atoms with Crippen molar-refractivity contribution in [3.8, 4) is 0 Å². The summed E-state index contributed by atoms with van der Waals surface area (Å²) in [7, 11) is 3.52. The molecule has 0 fully saturated rings. The van der Waals surface area contributed by atoms with Crippen LogP contribution in [-0.2, 0) is 4.74 Å². The Morgan fingerprint density at radius 1 is 1.18 bits per heavy atom. The van der Waals surface area contributed by atoms with E-state index in [0.29, 0.717) is 5.56 Å². The van der Waals surface area contributed by atoms with Crippen LogP contribution in [0.3, 0.4) is 0 Å². The highest BCUT2D eigenvalue weighted by Crippen LogP contribution is 2.23. The zero-order valence-corrected chi connectivity index (χ0v) is 16.6. The number of halogens is 1. The van der Waals surface area contributed by atoms with Crippen LogP contribution in [0.4, 0.5) is 15.0 Å². The monoisotopic (exact) mass is 385 g/mol. The molecule has 0 saturated carbocycles. The van der Waals surface area contributed by atoms with E-state index in [4.69, 9.17) is 4.74 Å². The van der Waals surface area contributed by atoms with Gasteiger partial charge in [-0.1, -0.05) is 12.1 Å². The van der Waals surface area contributed by atoms with Crippen molar-refractivity contribution in [3.05, 3.63) is 65.7 Å². The van der Waals surface area contributed by atoms with E-state index in [0.717, 1.165) is 0 Å². The summed E-state index contributed by atoms with van der Waals surface area (Å²) in [6.45, 7) is 5.25. The van der Waals surface area contributed by atoms with Gasteiger partial charge in [0.1, 0.15) is 17.2 Å². The number of carbonyl (C=O) groups excluding carboxylic acids is 2. The van der Waals surface area contributed by atoms with Gasteiger partial charge in [-0.2, -0.15) is 0 Å². The molecule has 0 radical (unpaired) electrons. The summed E-state index contributed by atoms with van der Waals surface area (Å²) < 4.78 is 19.3. The van der Waals surface area contributed by atoms with Crippen molar-refractivity contribution in [2.24, 2.45) is 0 Å². The number of ether oxygens (including phenoxy) is 1. The highest BCUT2D eigenvalue weighted by Gasteiger charge is 2.20. The Labute approximate surface area is 164 Å². The third kappa shape index (κ3) is 5.90. The molecule has 6 nitrogen and oxygen atoms in total. The van der Waals surface area contributed by atoms with E-state index in [2.05, 4.69) is 10.3 Å². The van der Waals surface area contributed by atoms with Gasteiger partial charge in [0.05, 0.1) is 5.56 Å². The van der Waals surface area contributed by atoms with Crippen LogP contribution in [0.15, 0.2) is 48.8 Å². The van der Waals surface area contributed by atoms with Crippen molar-refractivity contribution in [2.75, 3.05) is 19.4 Å². The maximum atomic E-state index is 14.1. The van der Waals surface area contributed by atoms with E-state index in [9.17, 15) is 14.0 Å². The third-order valence-corrected chi connectivity index (χ3v) is 3.45. The van der Waals surface area contributed by atoms with Gasteiger partial charge >= 0.3 is 6.09 Å². The zero-order valence-electron chi connectivity index (χ0n) is 16.6. The summed E-state index contributed by atoms with van der Waals surface area (Å²) in [6.07, 6.45) is 2.40. The molecule has 148 valence electrons. The summed E-state index contributed by atoms with van der Waals surface area (Å²) in [5, 5.41) is 2.54. The van der Waals surface area contributed by atoms with Gasteiger partial charge in [-0.05, 0) is 50.6 Å². The molecule has 0 saturated heterocycles. The maximum absolute atomic E-state index is 14.1. The molecule has 1 aromatic carbocycles. The van der Waals surface area contributed by atoms with Crippen LogP contribution in [0, 0.1) is 5.82 Å². The number of carbonyl (C=O) groups is 2. The molecule has 1 heterocycles. The number of anilines is 1. The lowest BCUT2D eigenvalue weighted by atomic mass is 9.97. The first kappa shape index (κ1) is 21.1. The van der Waals surface area contributed by atoms with Crippen molar-refractivity contribution in [3.63, 3.8) is 0 Å². The molecular weight excluding hydrogens is 361 g/mol. The predicted molar refractivity (Wildman–Crippen MR) is 106 cm³/mol. The molecule has 0 atom stereocenters. The number of rotatable bonds is 5. The lowest BCUT2D eigenvalue weighted by Gasteiger charge is -2.19. The molecule has 0 aliphatic rings. The second-order valence-electron chi connectivity index (χ2n) is 7.37. The van der Waals surface area contributed by atoms with E-state index < -0.39 is 23.3 Å². The highest BCUT2D eigenvalue weighted by atomic mass is 19.1. The number of amides is 1. The number of hydrogen-bond donors (Lipinski definition) is 1. The molecular formula is C21H24FN3O3. The number of pyridine rings is 1. The fourth-order valence-corrected chi connectivity index (χ4v) is 2.39. The number of ketones is 1. The first-order valence-corrected chi connectivity index (χ1v) is 8.71. The summed E-state index contributed by atoms with van der Waals surface area (Å²) in [5.41, 5.74) is 0.0696. The molecule has 1 aromatic heterocycles. The molecule has 28 heavy (non-hydrogen) atoms. The Balaban J connectivity index is 2.37. The topological polar surface area (TPSA) is 71.5 Å². The van der Waals surface area contributed by atoms with E-state index in [1.165, 1.54) is 30.5 Å². The molecule has 0 spiro atoms. The number of nitrogens with one attached hydrogen (secondary N) is 1. The molecule has 7 heteroatoms. The van der Waals surface area contributed by atoms with Crippen LogP contribution in [0.1, 0.15) is 36.7 Å². The summed E-state index contributed by atoms with van der Waals surface area (Å²) in [6, 6.07) is 8.96. The quantitative estimate of drug-likeness (QED) is 0.612. The van der Waals surface area contributed by atoms with E-state index >= 15 is 0 Å². The number of allylic oxidation sites excluding steroid dienone is 1. The van der Waals surface area contributed by atoms with Gasteiger partial charge in [0.15, 0.2) is 5.78 Å². The predicted octanol–water partition coefficient (Wildman–Crippen LogP) is 4.35. The molecule has 1 N–H and O–H groups in total. The maximum Gasteiger partial charge on any atom is 0.413 e. The molecule has 2 aromatic rings. The van der Waals surface area contributed by atoms with Crippen LogP contribution in [0.2, 0.25) is 0 Å². The van der Waals surface area contributed by atoms with Crippen LogP contribution < -0.4 is 5.32 Å². The standard InChI is InChI=1S/C21H24FN3O3/c1-21(2,3)28-20(27)24-18-12-14(10-11-23-18)16(13-25(4)5)19(26)15-8-6-7-9-17(15)22/h6-13H,1-5H3,(H,23,24,27)/b16-13-. The van der Waals surface area contributed by atoms with E-state index in [1.807, 2.05) is 0 Å². The van der Waals surface area contributed by atoms with Gasteiger partial charge in [-0.3, -0.25) is 10.1 Å². The Hall–Kier alpha value is -3.22. The van der Waals surface area contributed by atoms with E-state index in [-0.39, 0.29) is 17.0 Å². The van der Waals surface area contributed by atoms with Crippen LogP contribution >= 0.6 is 0 Å². The molecule has 0 aliphatic heterocycles. The molecule has 0 aliphatic carbocycles. The van der Waals surface area contributed by atoms with Crippen LogP contribution in [-0.4, -0.2) is 41.5 Å². The minimum atomic E-state index is -0.657. The smallest absolute Gasteiger partial charge is 0.413 e. The lowest BCUT2D eigenvalue weighted by Crippen LogP contribution is -2.27. The number of Topliss-reactive ketones (excluding diaryl/α,β-unsaturated/α-hetero) is 1. The minimum Gasteiger partial charge on any atom is -0.444 e. The Kier molecular flexibility index (Phi) is 6.51. The third-order valence-electron chi connectivity index (χ3n) is 3.45. The van der Waals surface area contributed by atoms with Crippen molar-refractivity contribution < 1.29 is 18.7 Å². The van der Waals surface area contributed by atoms with Gasteiger partial charge in [0.2, 0.25) is 0 Å². The van der Waals surface area contributed by atoms with Gasteiger partial charge in [0.25, 0.3) is 0 Å². The second-order valence-corrected chi connectivity index (χ2v) is 7.37. The van der Waals surface area contributed by atoms with Crippen molar-refractivity contribution in [1.29, 1.82) is 0 Å². The first-order chi connectivity index (χ1) is 13.1. The van der Waals surface area contributed by atoms with Gasteiger partial charge < -0.3 is 9.64 Å². The fraction of sp³-hybridized carbons (Fsp3) is 0.286. The van der Waals surface area contributed by atoms with Gasteiger partial charge in [-0.25, -0.2) is 14.2 Å². The Morgan fingerprint density at radius 3 is 2.46 bits per heavy atom. The number of nitrogens with zero attached hydrogens (tertiary/aromatic N) is 2. The summed E-state index contributed by atoms with van der Waals surface area (Å²) in [5.74, 6) is -0.850.